The fourth-order valence-corrected chi connectivity index (χ4v) is 2.61. The van der Waals surface area contributed by atoms with Gasteiger partial charge in [0.15, 0.2) is 0 Å². The van der Waals surface area contributed by atoms with Crippen LogP contribution in [-0.4, -0.2) is 29.7 Å². The molecular weight excluding hydrogens is 306 g/mol. The molecule has 0 fully saturated rings. The largest absolute Gasteiger partial charge is 0.444 e. The van der Waals surface area contributed by atoms with E-state index < -0.39 is 5.60 Å². The Morgan fingerprint density at radius 2 is 1.84 bits per heavy atom. The molecule has 0 radical (unpaired) electrons. The molecule has 19 heavy (non-hydrogen) atoms. The minimum atomic E-state index is -0.431. The van der Waals surface area contributed by atoms with Crippen molar-refractivity contribution in [2.24, 2.45) is 0 Å². The van der Waals surface area contributed by atoms with E-state index >= 15 is 0 Å². The van der Waals surface area contributed by atoms with E-state index in [9.17, 15) is 4.79 Å². The van der Waals surface area contributed by atoms with Gasteiger partial charge in [-0.05, 0) is 56.9 Å². The average Bonchev–Trinajstić information content (AvgIpc) is 2.48. The molecule has 4 heteroatoms. The third-order valence-electron chi connectivity index (χ3n) is 3.12. The summed E-state index contributed by atoms with van der Waals surface area (Å²) < 4.78 is 6.53. The number of fused-ring (bicyclic) bond motifs is 1. The van der Waals surface area contributed by atoms with Crippen LogP contribution >= 0.6 is 15.9 Å². The molecule has 0 unspecified atom stereocenters. The number of benzene rings is 1. The number of nitrogens with zero attached hydrogens (tertiary/aromatic N) is 1. The molecule has 1 aromatic rings. The quantitative estimate of drug-likeness (QED) is 0.726. The first-order chi connectivity index (χ1) is 8.85. The molecule has 1 aliphatic heterocycles. The molecule has 0 aliphatic carbocycles. The second kappa shape index (κ2) is 5.53. The van der Waals surface area contributed by atoms with Crippen molar-refractivity contribution in [2.45, 2.75) is 39.2 Å². The highest BCUT2D eigenvalue weighted by Crippen LogP contribution is 2.21. The number of ether oxygens (including phenoxy) is 1. The van der Waals surface area contributed by atoms with Crippen molar-refractivity contribution in [3.05, 3.63) is 33.8 Å². The molecule has 104 valence electrons. The SMILES string of the molecule is CC(C)(C)OC(=O)N1CCc2ccc(Br)cc2CC1. The maximum atomic E-state index is 12.1. The number of carbonyl (C=O) groups excluding carboxylic acids is 1. The topological polar surface area (TPSA) is 29.5 Å². The van der Waals surface area contributed by atoms with E-state index in [2.05, 4.69) is 34.1 Å². The van der Waals surface area contributed by atoms with E-state index in [-0.39, 0.29) is 6.09 Å². The molecule has 0 atom stereocenters. The monoisotopic (exact) mass is 325 g/mol. The first-order valence-electron chi connectivity index (χ1n) is 6.60. The third-order valence-corrected chi connectivity index (χ3v) is 3.62. The summed E-state index contributed by atoms with van der Waals surface area (Å²) in [6, 6.07) is 6.34. The number of rotatable bonds is 0. The standard InChI is InChI=1S/C15H20BrNO2/c1-15(2,3)19-14(18)17-8-6-11-4-5-13(16)10-12(11)7-9-17/h4-5,10H,6-9H2,1-3H3. The molecule has 0 aromatic heterocycles. The minimum absolute atomic E-state index is 0.209. The van der Waals surface area contributed by atoms with Crippen LogP contribution in [-0.2, 0) is 17.6 Å². The lowest BCUT2D eigenvalue weighted by Crippen LogP contribution is -2.38. The van der Waals surface area contributed by atoms with Gasteiger partial charge >= 0.3 is 6.09 Å². The highest BCUT2D eigenvalue weighted by atomic mass is 79.9. The van der Waals surface area contributed by atoms with Crippen molar-refractivity contribution < 1.29 is 9.53 Å². The molecule has 0 N–H and O–H groups in total. The second-order valence-corrected chi connectivity index (χ2v) is 6.80. The van der Waals surface area contributed by atoms with Gasteiger partial charge in [-0.25, -0.2) is 4.79 Å². The molecule has 0 bridgehead atoms. The van der Waals surface area contributed by atoms with Gasteiger partial charge in [0.05, 0.1) is 0 Å². The van der Waals surface area contributed by atoms with Crippen molar-refractivity contribution in [1.82, 2.24) is 4.90 Å². The fourth-order valence-electron chi connectivity index (χ4n) is 2.20. The number of hydrogen-bond acceptors (Lipinski definition) is 2. The first kappa shape index (κ1) is 14.4. The van der Waals surface area contributed by atoms with Crippen LogP contribution < -0.4 is 0 Å². The fraction of sp³-hybridized carbons (Fsp3) is 0.533. The Morgan fingerprint density at radius 3 is 2.47 bits per heavy atom. The van der Waals surface area contributed by atoms with E-state index in [1.165, 1.54) is 11.1 Å². The summed E-state index contributed by atoms with van der Waals surface area (Å²) >= 11 is 3.49. The van der Waals surface area contributed by atoms with Crippen molar-refractivity contribution >= 4 is 22.0 Å². The predicted octanol–water partition coefficient (Wildman–Crippen LogP) is 3.78. The van der Waals surface area contributed by atoms with Gasteiger partial charge in [-0.1, -0.05) is 22.0 Å². The van der Waals surface area contributed by atoms with Gasteiger partial charge in [-0.2, -0.15) is 0 Å². The van der Waals surface area contributed by atoms with Gasteiger partial charge in [0, 0.05) is 17.6 Å². The molecule has 0 saturated heterocycles. The van der Waals surface area contributed by atoms with Crippen molar-refractivity contribution in [2.75, 3.05) is 13.1 Å². The summed E-state index contributed by atoms with van der Waals surface area (Å²) in [4.78, 5) is 13.9. The van der Waals surface area contributed by atoms with Crippen LogP contribution in [0.2, 0.25) is 0 Å². The van der Waals surface area contributed by atoms with Crippen molar-refractivity contribution in [3.8, 4) is 0 Å². The zero-order valence-electron chi connectivity index (χ0n) is 11.7. The van der Waals surface area contributed by atoms with Crippen LogP contribution in [0.4, 0.5) is 4.79 Å². The third kappa shape index (κ3) is 3.96. The molecule has 0 saturated carbocycles. The minimum Gasteiger partial charge on any atom is -0.444 e. The van der Waals surface area contributed by atoms with Gasteiger partial charge in [0.25, 0.3) is 0 Å². The number of halogens is 1. The highest BCUT2D eigenvalue weighted by Gasteiger charge is 2.23. The van der Waals surface area contributed by atoms with Crippen LogP contribution in [0.15, 0.2) is 22.7 Å². The molecule has 0 spiro atoms. The zero-order chi connectivity index (χ0) is 14.0. The van der Waals surface area contributed by atoms with E-state index in [0.717, 1.165) is 30.4 Å². The Bertz CT molecular complexity index is 480. The number of hydrogen-bond donors (Lipinski definition) is 0. The van der Waals surface area contributed by atoms with Gasteiger partial charge in [-0.3, -0.25) is 0 Å². The second-order valence-electron chi connectivity index (χ2n) is 5.88. The Kier molecular flexibility index (Phi) is 4.19. The molecule has 1 heterocycles. The Labute approximate surface area is 123 Å². The number of carbonyl (C=O) groups is 1. The summed E-state index contributed by atoms with van der Waals surface area (Å²) in [5.41, 5.74) is 2.22. The van der Waals surface area contributed by atoms with Crippen LogP contribution in [0.3, 0.4) is 0 Å². The van der Waals surface area contributed by atoms with Crippen molar-refractivity contribution in [3.63, 3.8) is 0 Å². The smallest absolute Gasteiger partial charge is 0.410 e. The van der Waals surface area contributed by atoms with Gasteiger partial charge in [0.2, 0.25) is 0 Å². The maximum Gasteiger partial charge on any atom is 0.410 e. The van der Waals surface area contributed by atoms with Crippen LogP contribution in [0.25, 0.3) is 0 Å². The van der Waals surface area contributed by atoms with E-state index in [1.54, 1.807) is 4.90 Å². The molecule has 1 aromatic carbocycles. The Balaban J connectivity index is 2.05. The zero-order valence-corrected chi connectivity index (χ0v) is 13.3. The van der Waals surface area contributed by atoms with E-state index in [4.69, 9.17) is 4.74 Å². The summed E-state index contributed by atoms with van der Waals surface area (Å²) in [6.07, 6.45) is 1.56. The Hall–Kier alpha value is -1.03. The van der Waals surface area contributed by atoms with E-state index in [0.29, 0.717) is 0 Å². The predicted molar refractivity (Wildman–Crippen MR) is 79.4 cm³/mol. The van der Waals surface area contributed by atoms with Gasteiger partial charge < -0.3 is 9.64 Å². The summed E-state index contributed by atoms with van der Waals surface area (Å²) in [5.74, 6) is 0. The molecule has 1 amide bonds. The Morgan fingerprint density at radius 1 is 1.21 bits per heavy atom. The molecular formula is C15H20BrNO2. The highest BCUT2D eigenvalue weighted by molar-refractivity contribution is 9.10. The molecule has 3 nitrogen and oxygen atoms in total. The van der Waals surface area contributed by atoms with Crippen molar-refractivity contribution in [1.29, 1.82) is 0 Å². The normalized spacial score (nSPS) is 15.7. The average molecular weight is 326 g/mol. The summed E-state index contributed by atoms with van der Waals surface area (Å²) in [5, 5.41) is 0. The van der Waals surface area contributed by atoms with Gasteiger partial charge in [-0.15, -0.1) is 0 Å². The lowest BCUT2D eigenvalue weighted by atomic mass is 10.0. The van der Waals surface area contributed by atoms with Crippen LogP contribution in [0, 0.1) is 0 Å². The van der Waals surface area contributed by atoms with E-state index in [1.807, 2.05) is 20.8 Å². The lowest BCUT2D eigenvalue weighted by molar-refractivity contribution is 0.0258. The maximum absolute atomic E-state index is 12.1. The van der Waals surface area contributed by atoms with Crippen LogP contribution in [0.5, 0.6) is 0 Å². The van der Waals surface area contributed by atoms with Crippen LogP contribution in [0.1, 0.15) is 31.9 Å². The lowest BCUT2D eigenvalue weighted by Gasteiger charge is -2.26. The summed E-state index contributed by atoms with van der Waals surface area (Å²) in [7, 11) is 0. The first-order valence-corrected chi connectivity index (χ1v) is 7.40. The molecule has 1 aliphatic rings. The van der Waals surface area contributed by atoms with Gasteiger partial charge in [0.1, 0.15) is 5.60 Å². The summed E-state index contributed by atoms with van der Waals surface area (Å²) in [6.45, 7) is 7.14. The number of amides is 1. The molecule has 2 rings (SSSR count).